The van der Waals surface area contributed by atoms with Crippen LogP contribution in [0.4, 0.5) is 0 Å². The molecule has 2 rings (SSSR count). The van der Waals surface area contributed by atoms with Crippen molar-refractivity contribution in [2.45, 2.75) is 47.1 Å². The molecule has 1 heterocycles. The van der Waals surface area contributed by atoms with Crippen molar-refractivity contribution in [2.24, 2.45) is 0 Å². The molecule has 20 heavy (non-hydrogen) atoms. The Labute approximate surface area is 120 Å². The molecule has 3 nitrogen and oxygen atoms in total. The largest absolute Gasteiger partial charge is 0.494 e. The van der Waals surface area contributed by atoms with Gasteiger partial charge in [0.1, 0.15) is 5.75 Å². The zero-order chi connectivity index (χ0) is 14.7. The molecule has 0 atom stereocenters. The highest BCUT2D eigenvalue weighted by Crippen LogP contribution is 2.30. The Kier molecular flexibility index (Phi) is 4.48. The van der Waals surface area contributed by atoms with Gasteiger partial charge in [0.2, 0.25) is 0 Å². The first-order chi connectivity index (χ1) is 9.60. The van der Waals surface area contributed by atoms with Gasteiger partial charge in [-0.1, -0.05) is 13.8 Å². The number of fused-ring (bicyclic) bond motifs is 1. The fourth-order valence-electron chi connectivity index (χ4n) is 2.73. The Hall–Kier alpha value is -1.77. The van der Waals surface area contributed by atoms with E-state index in [4.69, 9.17) is 4.74 Å². The van der Waals surface area contributed by atoms with E-state index in [1.807, 2.05) is 19.1 Å². The number of carbonyl (C=O) groups is 1. The predicted molar refractivity (Wildman–Crippen MR) is 82.8 cm³/mol. The van der Waals surface area contributed by atoms with Crippen molar-refractivity contribution in [1.82, 2.24) is 4.57 Å². The molecule has 0 N–H and O–H groups in total. The molecule has 0 amide bonds. The third kappa shape index (κ3) is 2.58. The number of hydrogen-bond acceptors (Lipinski definition) is 2. The normalized spacial score (nSPS) is 11.0. The maximum Gasteiger partial charge on any atom is 0.162 e. The molecule has 1 aromatic heterocycles. The van der Waals surface area contributed by atoms with E-state index in [-0.39, 0.29) is 5.78 Å². The maximum atomic E-state index is 12.0. The third-order valence-corrected chi connectivity index (χ3v) is 3.57. The van der Waals surface area contributed by atoms with E-state index < -0.39 is 0 Å². The van der Waals surface area contributed by atoms with Gasteiger partial charge in [0.15, 0.2) is 5.78 Å². The standard InChI is InChI=1S/C17H23NO2/c1-5-9-18-12(3)17(13(4)19)15-11-14(20-10-6-2)7-8-16(15)18/h7-8,11H,5-6,9-10H2,1-4H3. The van der Waals surface area contributed by atoms with E-state index in [0.717, 1.165) is 47.3 Å². The summed E-state index contributed by atoms with van der Waals surface area (Å²) in [7, 11) is 0. The van der Waals surface area contributed by atoms with Gasteiger partial charge in [0.05, 0.1) is 6.61 Å². The molecule has 2 aromatic rings. The van der Waals surface area contributed by atoms with Crippen molar-refractivity contribution < 1.29 is 9.53 Å². The Morgan fingerprint density at radius 3 is 2.60 bits per heavy atom. The lowest BCUT2D eigenvalue weighted by molar-refractivity contribution is 0.101. The SMILES string of the molecule is CCCOc1ccc2c(c1)c(C(C)=O)c(C)n2CCC. The predicted octanol–water partition coefficient (Wildman–Crippen LogP) is 4.35. The van der Waals surface area contributed by atoms with Crippen molar-refractivity contribution >= 4 is 16.7 Å². The topological polar surface area (TPSA) is 31.2 Å². The highest BCUT2D eigenvalue weighted by atomic mass is 16.5. The summed E-state index contributed by atoms with van der Waals surface area (Å²) in [6, 6.07) is 6.06. The number of ether oxygens (including phenoxy) is 1. The molecule has 0 fully saturated rings. The summed E-state index contributed by atoms with van der Waals surface area (Å²) in [5.74, 6) is 0.963. The van der Waals surface area contributed by atoms with Gasteiger partial charge < -0.3 is 9.30 Å². The molecule has 0 saturated heterocycles. The summed E-state index contributed by atoms with van der Waals surface area (Å²) in [6.07, 6.45) is 2.03. The molecule has 0 bridgehead atoms. The fourth-order valence-corrected chi connectivity index (χ4v) is 2.73. The van der Waals surface area contributed by atoms with Crippen molar-refractivity contribution in [3.8, 4) is 5.75 Å². The number of hydrogen-bond donors (Lipinski definition) is 0. The van der Waals surface area contributed by atoms with Gasteiger partial charge >= 0.3 is 0 Å². The van der Waals surface area contributed by atoms with Crippen LogP contribution in [0.5, 0.6) is 5.75 Å². The lowest BCUT2D eigenvalue weighted by Gasteiger charge is -2.07. The number of aromatic nitrogens is 1. The second kappa shape index (κ2) is 6.12. The fraction of sp³-hybridized carbons (Fsp3) is 0.471. The molecule has 0 spiro atoms. The van der Waals surface area contributed by atoms with Crippen molar-refractivity contribution in [3.05, 3.63) is 29.5 Å². The van der Waals surface area contributed by atoms with E-state index in [9.17, 15) is 4.79 Å². The quantitative estimate of drug-likeness (QED) is 0.733. The molecule has 108 valence electrons. The van der Waals surface area contributed by atoms with Crippen molar-refractivity contribution in [1.29, 1.82) is 0 Å². The second-order valence-corrected chi connectivity index (χ2v) is 5.20. The van der Waals surface area contributed by atoms with Crippen LogP contribution in [-0.2, 0) is 6.54 Å². The molecule has 0 saturated carbocycles. The van der Waals surface area contributed by atoms with E-state index in [1.165, 1.54) is 0 Å². The number of nitrogens with zero attached hydrogens (tertiary/aromatic N) is 1. The van der Waals surface area contributed by atoms with Gasteiger partial charge in [-0.15, -0.1) is 0 Å². The summed E-state index contributed by atoms with van der Waals surface area (Å²) in [6.45, 7) is 9.54. The number of Topliss-reactive ketones (excluding diaryl/α,β-unsaturated/α-hetero) is 1. The van der Waals surface area contributed by atoms with E-state index in [1.54, 1.807) is 6.92 Å². The van der Waals surface area contributed by atoms with Gasteiger partial charge in [-0.3, -0.25) is 4.79 Å². The van der Waals surface area contributed by atoms with Gasteiger partial charge in [-0.05, 0) is 44.9 Å². The Morgan fingerprint density at radius 1 is 1.25 bits per heavy atom. The third-order valence-electron chi connectivity index (χ3n) is 3.57. The molecule has 0 aliphatic rings. The van der Waals surface area contributed by atoms with Gasteiger partial charge in [0, 0.05) is 28.7 Å². The summed E-state index contributed by atoms with van der Waals surface area (Å²) >= 11 is 0. The zero-order valence-corrected chi connectivity index (χ0v) is 12.8. The van der Waals surface area contributed by atoms with Crippen molar-refractivity contribution in [3.63, 3.8) is 0 Å². The number of rotatable bonds is 6. The first-order valence-electron chi connectivity index (χ1n) is 7.36. The van der Waals surface area contributed by atoms with Crippen LogP contribution >= 0.6 is 0 Å². The first-order valence-corrected chi connectivity index (χ1v) is 7.36. The minimum absolute atomic E-state index is 0.120. The van der Waals surface area contributed by atoms with Crippen LogP contribution in [0, 0.1) is 6.92 Å². The van der Waals surface area contributed by atoms with Crippen LogP contribution in [0.2, 0.25) is 0 Å². The average molecular weight is 273 g/mol. The molecule has 0 aliphatic heterocycles. The van der Waals surface area contributed by atoms with Gasteiger partial charge in [0.25, 0.3) is 0 Å². The molecular weight excluding hydrogens is 250 g/mol. The van der Waals surface area contributed by atoms with Crippen LogP contribution in [0.3, 0.4) is 0 Å². The molecular formula is C17H23NO2. The van der Waals surface area contributed by atoms with Crippen molar-refractivity contribution in [2.75, 3.05) is 6.61 Å². The smallest absolute Gasteiger partial charge is 0.162 e. The maximum absolute atomic E-state index is 12.0. The Bertz CT molecular complexity index is 625. The van der Waals surface area contributed by atoms with Crippen LogP contribution < -0.4 is 4.74 Å². The number of aryl methyl sites for hydroxylation is 1. The van der Waals surface area contributed by atoms with Gasteiger partial charge in [-0.25, -0.2) is 0 Å². The summed E-state index contributed by atoms with van der Waals surface area (Å²) in [5, 5.41) is 1.01. The lowest BCUT2D eigenvalue weighted by Crippen LogP contribution is -2.01. The zero-order valence-electron chi connectivity index (χ0n) is 12.8. The summed E-state index contributed by atoms with van der Waals surface area (Å²) in [4.78, 5) is 12.0. The number of carbonyl (C=O) groups excluding carboxylic acids is 1. The average Bonchev–Trinajstić information content (AvgIpc) is 2.69. The van der Waals surface area contributed by atoms with Gasteiger partial charge in [-0.2, -0.15) is 0 Å². The molecule has 0 radical (unpaired) electrons. The van der Waals surface area contributed by atoms with E-state index in [2.05, 4.69) is 24.5 Å². The monoisotopic (exact) mass is 273 g/mol. The molecule has 3 heteroatoms. The number of benzene rings is 1. The highest BCUT2D eigenvalue weighted by molar-refractivity contribution is 6.08. The van der Waals surface area contributed by atoms with E-state index in [0.29, 0.717) is 6.61 Å². The Morgan fingerprint density at radius 2 is 2.00 bits per heavy atom. The van der Waals surface area contributed by atoms with Crippen LogP contribution in [0.15, 0.2) is 18.2 Å². The highest BCUT2D eigenvalue weighted by Gasteiger charge is 2.17. The summed E-state index contributed by atoms with van der Waals surface area (Å²) in [5.41, 5.74) is 3.01. The molecule has 1 aromatic carbocycles. The van der Waals surface area contributed by atoms with E-state index >= 15 is 0 Å². The van der Waals surface area contributed by atoms with Crippen LogP contribution in [0.25, 0.3) is 10.9 Å². The van der Waals surface area contributed by atoms with Crippen LogP contribution in [0.1, 0.15) is 49.7 Å². The molecule has 0 unspecified atom stereocenters. The first kappa shape index (κ1) is 14.6. The minimum Gasteiger partial charge on any atom is -0.494 e. The number of ketones is 1. The second-order valence-electron chi connectivity index (χ2n) is 5.20. The molecule has 0 aliphatic carbocycles. The lowest BCUT2D eigenvalue weighted by atomic mass is 10.1. The van der Waals surface area contributed by atoms with Crippen LogP contribution in [-0.4, -0.2) is 17.0 Å². The Balaban J connectivity index is 2.60. The summed E-state index contributed by atoms with van der Waals surface area (Å²) < 4.78 is 7.92. The minimum atomic E-state index is 0.120.